The molecule has 28 heavy (non-hydrogen) atoms. The standard InChI is InChI=1S/C26H22N2/c1-19-12-14-20(15-13-19)22-16-17-25-24(18-22)27-26(21-8-4-2-5-9-21)28(25)23-10-6-3-7-11-23/h2-4,6-8,10-18H,5,9H2,1H3. The number of imidazole rings is 1. The molecule has 1 aliphatic carbocycles. The molecule has 1 aliphatic rings. The van der Waals surface area contributed by atoms with Gasteiger partial charge in [0.25, 0.3) is 0 Å². The van der Waals surface area contributed by atoms with Gasteiger partial charge in [0, 0.05) is 5.69 Å². The van der Waals surface area contributed by atoms with Crippen molar-refractivity contribution < 1.29 is 0 Å². The normalized spacial score (nSPS) is 13.7. The van der Waals surface area contributed by atoms with Crippen LogP contribution >= 0.6 is 0 Å². The summed E-state index contributed by atoms with van der Waals surface area (Å²) >= 11 is 0. The number of aromatic nitrogens is 2. The zero-order chi connectivity index (χ0) is 18.9. The minimum absolute atomic E-state index is 1.03. The van der Waals surface area contributed by atoms with E-state index in [1.807, 2.05) is 0 Å². The molecule has 4 aromatic rings. The monoisotopic (exact) mass is 362 g/mol. The molecule has 0 saturated carbocycles. The summed E-state index contributed by atoms with van der Waals surface area (Å²) in [6, 6.07) is 25.8. The number of allylic oxidation sites excluding steroid dienone is 4. The molecule has 1 heterocycles. The van der Waals surface area contributed by atoms with Crippen molar-refractivity contribution in [3.05, 3.63) is 102 Å². The van der Waals surface area contributed by atoms with Crippen LogP contribution in [0.15, 0.2) is 91.0 Å². The highest BCUT2D eigenvalue weighted by Gasteiger charge is 2.17. The fraction of sp³-hybridized carbons (Fsp3) is 0.115. The summed E-state index contributed by atoms with van der Waals surface area (Å²) in [5.41, 5.74) is 8.33. The van der Waals surface area contributed by atoms with Crippen molar-refractivity contribution in [3.8, 4) is 16.8 Å². The first-order chi connectivity index (χ1) is 13.8. The van der Waals surface area contributed by atoms with Gasteiger partial charge in [-0.25, -0.2) is 4.98 Å². The summed E-state index contributed by atoms with van der Waals surface area (Å²) in [6.07, 6.45) is 8.65. The number of fused-ring (bicyclic) bond motifs is 1. The van der Waals surface area contributed by atoms with Crippen LogP contribution in [0.25, 0.3) is 33.4 Å². The molecule has 0 bridgehead atoms. The molecule has 0 spiro atoms. The van der Waals surface area contributed by atoms with E-state index in [1.54, 1.807) is 0 Å². The van der Waals surface area contributed by atoms with E-state index in [1.165, 1.54) is 22.3 Å². The number of benzene rings is 3. The average Bonchev–Trinajstić information content (AvgIpc) is 3.14. The molecule has 136 valence electrons. The van der Waals surface area contributed by atoms with Gasteiger partial charge in [0.15, 0.2) is 0 Å². The fourth-order valence-corrected chi connectivity index (χ4v) is 3.85. The van der Waals surface area contributed by atoms with Crippen molar-refractivity contribution >= 4 is 16.6 Å². The van der Waals surface area contributed by atoms with Crippen LogP contribution in [0, 0.1) is 6.92 Å². The Hall–Kier alpha value is -3.39. The lowest BCUT2D eigenvalue weighted by Gasteiger charge is -2.13. The van der Waals surface area contributed by atoms with Crippen molar-refractivity contribution in [1.29, 1.82) is 0 Å². The van der Waals surface area contributed by atoms with Gasteiger partial charge in [-0.3, -0.25) is 4.57 Å². The molecule has 3 aromatic carbocycles. The smallest absolute Gasteiger partial charge is 0.141 e. The van der Waals surface area contributed by atoms with Gasteiger partial charge >= 0.3 is 0 Å². The molecular weight excluding hydrogens is 340 g/mol. The third kappa shape index (κ3) is 2.97. The maximum absolute atomic E-state index is 5.08. The Labute approximate surface area is 165 Å². The summed E-state index contributed by atoms with van der Waals surface area (Å²) in [5.74, 6) is 1.05. The Morgan fingerprint density at radius 2 is 1.64 bits per heavy atom. The molecule has 2 heteroatoms. The fourth-order valence-electron chi connectivity index (χ4n) is 3.85. The topological polar surface area (TPSA) is 17.8 Å². The van der Waals surface area contributed by atoms with Crippen LogP contribution < -0.4 is 0 Å². The van der Waals surface area contributed by atoms with Crippen LogP contribution in [0.3, 0.4) is 0 Å². The van der Waals surface area contributed by atoms with E-state index in [0.717, 1.165) is 35.4 Å². The minimum Gasteiger partial charge on any atom is -0.293 e. The van der Waals surface area contributed by atoms with E-state index in [4.69, 9.17) is 4.98 Å². The van der Waals surface area contributed by atoms with Crippen molar-refractivity contribution in [3.63, 3.8) is 0 Å². The molecule has 0 unspecified atom stereocenters. The molecule has 0 N–H and O–H groups in total. The van der Waals surface area contributed by atoms with E-state index >= 15 is 0 Å². The van der Waals surface area contributed by atoms with E-state index < -0.39 is 0 Å². The van der Waals surface area contributed by atoms with Crippen molar-refractivity contribution in [2.45, 2.75) is 19.8 Å². The van der Waals surface area contributed by atoms with Gasteiger partial charge in [-0.1, -0.05) is 72.3 Å². The van der Waals surface area contributed by atoms with Gasteiger partial charge in [0.05, 0.1) is 11.0 Å². The van der Waals surface area contributed by atoms with Gasteiger partial charge in [0.2, 0.25) is 0 Å². The largest absolute Gasteiger partial charge is 0.293 e. The quantitative estimate of drug-likeness (QED) is 0.395. The molecule has 0 atom stereocenters. The second-order valence-corrected chi connectivity index (χ2v) is 7.33. The van der Waals surface area contributed by atoms with E-state index in [0.29, 0.717) is 0 Å². The second-order valence-electron chi connectivity index (χ2n) is 7.33. The molecule has 5 rings (SSSR count). The highest BCUT2D eigenvalue weighted by Crippen LogP contribution is 2.32. The van der Waals surface area contributed by atoms with Crippen LogP contribution in [0.4, 0.5) is 0 Å². The highest BCUT2D eigenvalue weighted by molar-refractivity contribution is 5.87. The number of nitrogens with zero attached hydrogens (tertiary/aromatic N) is 2. The third-order valence-electron chi connectivity index (χ3n) is 5.35. The number of rotatable bonds is 3. The number of para-hydroxylation sites is 1. The van der Waals surface area contributed by atoms with Crippen LogP contribution in [0.1, 0.15) is 24.2 Å². The lowest BCUT2D eigenvalue weighted by molar-refractivity contribution is 0.982. The van der Waals surface area contributed by atoms with Gasteiger partial charge in [0.1, 0.15) is 5.82 Å². The van der Waals surface area contributed by atoms with Gasteiger partial charge in [-0.15, -0.1) is 0 Å². The van der Waals surface area contributed by atoms with E-state index in [-0.39, 0.29) is 0 Å². The molecule has 0 saturated heterocycles. The van der Waals surface area contributed by atoms with Crippen LogP contribution in [0.2, 0.25) is 0 Å². The SMILES string of the molecule is Cc1ccc(-c2ccc3c(c2)nc(C2=CC=CCC2)n3-c2ccccc2)cc1. The van der Waals surface area contributed by atoms with Crippen LogP contribution in [-0.2, 0) is 0 Å². The first-order valence-corrected chi connectivity index (χ1v) is 9.81. The van der Waals surface area contributed by atoms with Gasteiger partial charge < -0.3 is 0 Å². The molecule has 0 fully saturated rings. The van der Waals surface area contributed by atoms with Gasteiger partial charge in [-0.2, -0.15) is 0 Å². The summed E-state index contributed by atoms with van der Waals surface area (Å²) in [7, 11) is 0. The van der Waals surface area contributed by atoms with Crippen molar-refractivity contribution in [2.24, 2.45) is 0 Å². The molecule has 2 nitrogen and oxygen atoms in total. The Bertz CT molecular complexity index is 1190. The maximum atomic E-state index is 5.08. The molecule has 0 amide bonds. The number of aryl methyl sites for hydroxylation is 1. The minimum atomic E-state index is 1.03. The summed E-state index contributed by atoms with van der Waals surface area (Å²) in [5, 5.41) is 0. The lowest BCUT2D eigenvalue weighted by Crippen LogP contribution is -2.01. The third-order valence-corrected chi connectivity index (χ3v) is 5.35. The van der Waals surface area contributed by atoms with Gasteiger partial charge in [-0.05, 0) is 60.7 Å². The zero-order valence-electron chi connectivity index (χ0n) is 16.0. The molecule has 1 aromatic heterocycles. The highest BCUT2D eigenvalue weighted by atomic mass is 15.1. The van der Waals surface area contributed by atoms with Crippen molar-refractivity contribution in [1.82, 2.24) is 9.55 Å². The van der Waals surface area contributed by atoms with Crippen molar-refractivity contribution in [2.75, 3.05) is 0 Å². The Balaban J connectivity index is 1.72. The first-order valence-electron chi connectivity index (χ1n) is 9.81. The summed E-state index contributed by atoms with van der Waals surface area (Å²) in [4.78, 5) is 5.08. The maximum Gasteiger partial charge on any atom is 0.141 e. The molecule has 0 radical (unpaired) electrons. The zero-order valence-corrected chi connectivity index (χ0v) is 16.0. The summed E-state index contributed by atoms with van der Waals surface area (Å²) < 4.78 is 2.29. The Kier molecular flexibility index (Phi) is 4.17. The second kappa shape index (κ2) is 6.97. The Morgan fingerprint density at radius 1 is 0.857 bits per heavy atom. The molecular formula is C26H22N2. The number of hydrogen-bond acceptors (Lipinski definition) is 1. The number of hydrogen-bond donors (Lipinski definition) is 0. The van der Waals surface area contributed by atoms with Crippen LogP contribution in [0.5, 0.6) is 0 Å². The Morgan fingerprint density at radius 3 is 2.39 bits per heavy atom. The van der Waals surface area contributed by atoms with E-state index in [9.17, 15) is 0 Å². The predicted octanol–water partition coefficient (Wildman–Crippen LogP) is 6.73. The van der Waals surface area contributed by atoms with Crippen LogP contribution in [-0.4, -0.2) is 9.55 Å². The summed E-state index contributed by atoms with van der Waals surface area (Å²) in [6.45, 7) is 2.12. The molecule has 0 aliphatic heterocycles. The predicted molar refractivity (Wildman–Crippen MR) is 118 cm³/mol. The van der Waals surface area contributed by atoms with E-state index in [2.05, 4.69) is 103 Å². The average molecular weight is 362 g/mol. The first kappa shape index (κ1) is 16.8. The lowest BCUT2D eigenvalue weighted by atomic mass is 10.0.